The lowest BCUT2D eigenvalue weighted by Gasteiger charge is -2.00. The third-order valence-electron chi connectivity index (χ3n) is 1.78. The number of rotatable bonds is 1. The van der Waals surface area contributed by atoms with Gasteiger partial charge in [-0.05, 0) is 6.07 Å². The molecule has 0 fully saturated rings. The molecule has 0 aliphatic heterocycles. The lowest BCUT2D eigenvalue weighted by Crippen LogP contribution is -1.76. The van der Waals surface area contributed by atoms with Crippen molar-refractivity contribution in [1.29, 1.82) is 0 Å². The highest BCUT2D eigenvalue weighted by Gasteiger charge is 2.07. The van der Waals surface area contributed by atoms with Crippen molar-refractivity contribution in [2.24, 2.45) is 0 Å². The zero-order valence-corrected chi connectivity index (χ0v) is 8.15. The van der Waals surface area contributed by atoms with Crippen LogP contribution >= 0.6 is 23.2 Å². The molecule has 2 aromatic rings. The fourth-order valence-corrected chi connectivity index (χ4v) is 1.60. The Kier molecular flexibility index (Phi) is 2.30. The monoisotopic (exact) mass is 210 g/mol. The number of aromatic amines is 1. The van der Waals surface area contributed by atoms with E-state index in [4.69, 9.17) is 23.2 Å². The van der Waals surface area contributed by atoms with Gasteiger partial charge in [0.1, 0.15) is 0 Å². The van der Waals surface area contributed by atoms with Crippen LogP contribution in [0.15, 0.2) is 30.5 Å². The summed E-state index contributed by atoms with van der Waals surface area (Å²) in [5.74, 6) is 0. The Bertz CT molecular complexity index is 420. The van der Waals surface area contributed by atoms with Gasteiger partial charge in [-0.3, -0.25) is 0 Å². The van der Waals surface area contributed by atoms with Crippen LogP contribution in [0.2, 0.25) is 10.0 Å². The summed E-state index contributed by atoms with van der Waals surface area (Å²) in [6.45, 7) is 0. The second-order valence-corrected chi connectivity index (χ2v) is 3.43. The van der Waals surface area contributed by atoms with Gasteiger partial charge in [0.05, 0.1) is 11.2 Å². The van der Waals surface area contributed by atoms with E-state index in [0.29, 0.717) is 10.0 Å². The van der Waals surface area contributed by atoms with Gasteiger partial charge in [-0.15, -0.1) is 0 Å². The van der Waals surface area contributed by atoms with Crippen molar-refractivity contribution in [2.75, 3.05) is 0 Å². The normalized spacial score (nSPS) is 10.3. The lowest BCUT2D eigenvalue weighted by molar-refractivity contribution is 1.40. The van der Waals surface area contributed by atoms with Crippen LogP contribution in [0.25, 0.3) is 11.1 Å². The molecule has 1 aromatic heterocycles. The molecule has 0 saturated carbocycles. The summed E-state index contributed by atoms with van der Waals surface area (Å²) in [5, 5.41) is 1.31. The van der Waals surface area contributed by atoms with Gasteiger partial charge in [-0.1, -0.05) is 41.4 Å². The molecule has 1 radical (unpaired) electrons. The second kappa shape index (κ2) is 3.44. The van der Waals surface area contributed by atoms with Gasteiger partial charge < -0.3 is 4.98 Å². The predicted octanol–water partition coefficient (Wildman–Crippen LogP) is 3.79. The number of H-pyrrole nitrogens is 1. The van der Waals surface area contributed by atoms with Crippen molar-refractivity contribution in [3.05, 3.63) is 46.7 Å². The van der Waals surface area contributed by atoms with E-state index >= 15 is 0 Å². The molecule has 65 valence electrons. The zero-order valence-electron chi connectivity index (χ0n) is 6.64. The summed E-state index contributed by atoms with van der Waals surface area (Å²) in [6, 6.07) is 7.53. The smallest absolute Gasteiger partial charge is 0.0722 e. The Balaban J connectivity index is 2.59. The molecule has 0 aliphatic rings. The summed E-state index contributed by atoms with van der Waals surface area (Å²) in [5.41, 5.74) is 1.71. The molecule has 2 rings (SSSR count). The first-order chi connectivity index (χ1) is 6.29. The predicted molar refractivity (Wildman–Crippen MR) is 55.1 cm³/mol. The molecule has 0 saturated heterocycles. The fraction of sp³-hybridized carbons (Fsp3) is 0. The quantitative estimate of drug-likeness (QED) is 0.738. The average Bonchev–Trinajstić information content (AvgIpc) is 2.52. The van der Waals surface area contributed by atoms with Crippen LogP contribution < -0.4 is 0 Å². The largest absolute Gasteiger partial charge is 0.358 e. The third kappa shape index (κ3) is 1.58. The van der Waals surface area contributed by atoms with Gasteiger partial charge in [0, 0.05) is 22.3 Å². The molecule has 13 heavy (non-hydrogen) atoms. The van der Waals surface area contributed by atoms with Crippen LogP contribution in [-0.2, 0) is 0 Å². The molecule has 1 nitrogen and oxygen atoms in total. The Morgan fingerprint density at radius 3 is 2.46 bits per heavy atom. The first kappa shape index (κ1) is 8.67. The van der Waals surface area contributed by atoms with Gasteiger partial charge >= 0.3 is 0 Å². The number of nitrogens with one attached hydrogen (secondary N) is 1. The van der Waals surface area contributed by atoms with E-state index in [1.165, 1.54) is 0 Å². The summed E-state index contributed by atoms with van der Waals surface area (Å²) in [4.78, 5) is 2.81. The molecular formula is C10H6Cl2N. The highest BCUT2D eigenvalue weighted by atomic mass is 35.5. The topological polar surface area (TPSA) is 15.8 Å². The minimum Gasteiger partial charge on any atom is -0.358 e. The lowest BCUT2D eigenvalue weighted by atomic mass is 10.1. The molecular weight excluding hydrogens is 205 g/mol. The number of aromatic nitrogens is 1. The molecule has 0 bridgehead atoms. The van der Waals surface area contributed by atoms with Crippen LogP contribution in [0.1, 0.15) is 0 Å². The van der Waals surface area contributed by atoms with E-state index in [1.54, 1.807) is 6.20 Å². The fourth-order valence-electron chi connectivity index (χ4n) is 1.16. The highest BCUT2D eigenvalue weighted by Crippen LogP contribution is 2.31. The Morgan fingerprint density at radius 2 is 1.85 bits per heavy atom. The molecule has 1 N–H and O–H groups in total. The molecule has 0 spiro atoms. The Hall–Kier alpha value is -0.920. The van der Waals surface area contributed by atoms with Crippen molar-refractivity contribution >= 4 is 23.2 Å². The summed E-state index contributed by atoms with van der Waals surface area (Å²) in [7, 11) is 0. The van der Waals surface area contributed by atoms with Crippen LogP contribution in [0.3, 0.4) is 0 Å². The highest BCUT2D eigenvalue weighted by molar-refractivity contribution is 6.36. The number of hydrogen-bond donors (Lipinski definition) is 1. The van der Waals surface area contributed by atoms with Gasteiger partial charge in [0.2, 0.25) is 0 Å². The van der Waals surface area contributed by atoms with Crippen molar-refractivity contribution in [1.82, 2.24) is 4.98 Å². The molecule has 0 unspecified atom stereocenters. The van der Waals surface area contributed by atoms with Gasteiger partial charge in [-0.2, -0.15) is 0 Å². The zero-order chi connectivity index (χ0) is 9.26. The molecule has 1 heterocycles. The van der Waals surface area contributed by atoms with E-state index in [1.807, 2.05) is 24.3 Å². The molecule has 3 heteroatoms. The third-order valence-corrected chi connectivity index (χ3v) is 2.41. The van der Waals surface area contributed by atoms with Gasteiger partial charge in [0.25, 0.3) is 0 Å². The van der Waals surface area contributed by atoms with E-state index in [-0.39, 0.29) is 0 Å². The van der Waals surface area contributed by atoms with E-state index in [0.717, 1.165) is 11.1 Å². The van der Waals surface area contributed by atoms with Crippen molar-refractivity contribution in [3.63, 3.8) is 0 Å². The number of halogens is 2. The minimum absolute atomic E-state index is 0.633. The summed E-state index contributed by atoms with van der Waals surface area (Å²) < 4.78 is 0. The molecule has 0 amide bonds. The maximum atomic E-state index is 6.00. The number of benzene rings is 1. The maximum Gasteiger partial charge on any atom is 0.0722 e. The van der Waals surface area contributed by atoms with Crippen LogP contribution in [0, 0.1) is 6.20 Å². The molecule has 1 aromatic carbocycles. The standard InChI is InChI=1S/C10H6Cl2N/c11-9-4-2-1-3-7(9)8-5-13-6-10(8)12/h1-4,6,13H. The van der Waals surface area contributed by atoms with Crippen molar-refractivity contribution in [2.45, 2.75) is 0 Å². The number of hydrogen-bond acceptors (Lipinski definition) is 0. The second-order valence-electron chi connectivity index (χ2n) is 2.62. The SMILES string of the molecule is Clc1c[nH][c]c1-c1ccccc1Cl. The van der Waals surface area contributed by atoms with Crippen LogP contribution in [0.4, 0.5) is 0 Å². The van der Waals surface area contributed by atoms with Crippen molar-refractivity contribution < 1.29 is 0 Å². The van der Waals surface area contributed by atoms with Crippen molar-refractivity contribution in [3.8, 4) is 11.1 Å². The maximum absolute atomic E-state index is 6.00. The van der Waals surface area contributed by atoms with Gasteiger partial charge in [0.15, 0.2) is 0 Å². The summed E-state index contributed by atoms with van der Waals surface area (Å²) >= 11 is 11.9. The van der Waals surface area contributed by atoms with E-state index < -0.39 is 0 Å². The first-order valence-corrected chi connectivity index (χ1v) is 4.54. The Labute approximate surface area is 86.3 Å². The Morgan fingerprint density at radius 1 is 1.08 bits per heavy atom. The van der Waals surface area contributed by atoms with Crippen LogP contribution in [-0.4, -0.2) is 4.98 Å². The summed E-state index contributed by atoms with van der Waals surface area (Å²) in [6.07, 6.45) is 4.60. The van der Waals surface area contributed by atoms with E-state index in [2.05, 4.69) is 11.2 Å². The van der Waals surface area contributed by atoms with E-state index in [9.17, 15) is 0 Å². The molecule has 0 aliphatic carbocycles. The molecule has 0 atom stereocenters. The average molecular weight is 211 g/mol. The van der Waals surface area contributed by atoms with Gasteiger partial charge in [-0.25, -0.2) is 0 Å². The van der Waals surface area contributed by atoms with Crippen LogP contribution in [0.5, 0.6) is 0 Å². The minimum atomic E-state index is 0.633. The first-order valence-electron chi connectivity index (χ1n) is 3.78.